The number of rotatable bonds is 46. The highest BCUT2D eigenvalue weighted by atomic mass is 16.6. The second-order valence-electron chi connectivity index (χ2n) is 16.7. The molecule has 0 radical (unpaired) electrons. The van der Waals surface area contributed by atoms with E-state index in [9.17, 15) is 9.59 Å². The summed E-state index contributed by atoms with van der Waals surface area (Å²) in [7, 11) is 0. The molecule has 0 fully saturated rings. The Morgan fingerprint density at radius 1 is 0.359 bits per heavy atom. The molecule has 0 aromatic carbocycles. The number of carbonyl (C=O) groups is 2. The van der Waals surface area contributed by atoms with Gasteiger partial charge in [0.1, 0.15) is 6.61 Å². The summed E-state index contributed by atoms with van der Waals surface area (Å²) in [4.78, 5) is 25.4. The molecular weight excluding hydrogens is 789 g/mol. The fourth-order valence-electron chi connectivity index (χ4n) is 6.70. The summed E-state index contributed by atoms with van der Waals surface area (Å²) in [5, 5.41) is 0. The zero-order valence-corrected chi connectivity index (χ0v) is 41.5. The van der Waals surface area contributed by atoms with Crippen LogP contribution in [-0.4, -0.2) is 37.9 Å². The average molecular weight is 885 g/mol. The van der Waals surface area contributed by atoms with Gasteiger partial charge in [-0.1, -0.05) is 226 Å². The van der Waals surface area contributed by atoms with Crippen LogP contribution in [0.3, 0.4) is 0 Å². The molecule has 0 saturated heterocycles. The third-order valence-electron chi connectivity index (χ3n) is 10.5. The van der Waals surface area contributed by atoms with Crippen molar-refractivity contribution in [1.29, 1.82) is 0 Å². The van der Waals surface area contributed by atoms with Crippen LogP contribution in [-0.2, 0) is 23.8 Å². The zero-order valence-electron chi connectivity index (χ0n) is 41.5. The molecule has 1 atom stereocenters. The first-order chi connectivity index (χ1) is 31.6. The number of hydrogen-bond acceptors (Lipinski definition) is 5. The van der Waals surface area contributed by atoms with Crippen molar-refractivity contribution in [1.82, 2.24) is 0 Å². The first kappa shape index (κ1) is 60.3. The van der Waals surface area contributed by atoms with Gasteiger partial charge in [0.15, 0.2) is 6.10 Å². The van der Waals surface area contributed by atoms with E-state index in [0.29, 0.717) is 25.9 Å². The fourth-order valence-corrected chi connectivity index (χ4v) is 6.70. The highest BCUT2D eigenvalue weighted by molar-refractivity contribution is 5.70. The van der Waals surface area contributed by atoms with Crippen LogP contribution >= 0.6 is 0 Å². The highest BCUT2D eigenvalue weighted by Gasteiger charge is 2.17. The number of carbonyl (C=O) groups excluding carboxylic acids is 2. The molecule has 5 heteroatoms. The summed E-state index contributed by atoms with van der Waals surface area (Å²) in [6.07, 6.45) is 75.1. The van der Waals surface area contributed by atoms with Crippen molar-refractivity contribution >= 4 is 11.9 Å². The molecule has 362 valence electrons. The number of hydrogen-bond donors (Lipinski definition) is 0. The predicted molar refractivity (Wildman–Crippen MR) is 279 cm³/mol. The number of ether oxygens (including phenoxy) is 3. The minimum absolute atomic E-state index is 0.0316. The maximum Gasteiger partial charge on any atom is 0.306 e. The maximum absolute atomic E-state index is 12.8. The van der Waals surface area contributed by atoms with E-state index in [1.165, 1.54) is 70.6 Å². The summed E-state index contributed by atoms with van der Waals surface area (Å²) in [6, 6.07) is 0. The van der Waals surface area contributed by atoms with Crippen LogP contribution in [0.15, 0.2) is 122 Å². The first-order valence-electron chi connectivity index (χ1n) is 26.1. The normalized spacial score (nSPS) is 13.2. The third-order valence-corrected chi connectivity index (χ3v) is 10.5. The minimum Gasteiger partial charge on any atom is -0.462 e. The van der Waals surface area contributed by atoms with E-state index in [-0.39, 0.29) is 25.2 Å². The molecule has 64 heavy (non-hydrogen) atoms. The van der Waals surface area contributed by atoms with Crippen molar-refractivity contribution in [3.63, 3.8) is 0 Å². The largest absolute Gasteiger partial charge is 0.462 e. The molecule has 0 heterocycles. The molecular formula is C59H96O5. The Bertz CT molecular complexity index is 1320. The summed E-state index contributed by atoms with van der Waals surface area (Å²) in [5.41, 5.74) is 0. The van der Waals surface area contributed by atoms with E-state index < -0.39 is 6.10 Å². The van der Waals surface area contributed by atoms with E-state index in [1.807, 2.05) is 6.08 Å². The Morgan fingerprint density at radius 2 is 0.734 bits per heavy atom. The topological polar surface area (TPSA) is 61.8 Å². The molecule has 0 bridgehead atoms. The Hall–Kier alpha value is -3.70. The molecule has 0 aliphatic rings. The Kier molecular flexibility index (Phi) is 50.5. The molecule has 0 rings (SSSR count). The predicted octanol–water partition coefficient (Wildman–Crippen LogP) is 17.8. The first-order valence-corrected chi connectivity index (χ1v) is 26.1. The second-order valence-corrected chi connectivity index (χ2v) is 16.7. The van der Waals surface area contributed by atoms with Crippen LogP contribution < -0.4 is 0 Å². The molecule has 0 aliphatic carbocycles. The van der Waals surface area contributed by atoms with Crippen LogP contribution in [0.4, 0.5) is 0 Å². The lowest BCUT2D eigenvalue weighted by Crippen LogP contribution is -2.30. The van der Waals surface area contributed by atoms with Crippen LogP contribution in [0, 0.1) is 0 Å². The monoisotopic (exact) mass is 885 g/mol. The van der Waals surface area contributed by atoms with Gasteiger partial charge in [0, 0.05) is 19.4 Å². The number of unbranched alkanes of at least 4 members (excludes halogenated alkanes) is 15. The molecule has 0 saturated carbocycles. The average Bonchev–Trinajstić information content (AvgIpc) is 3.30. The quantitative estimate of drug-likeness (QED) is 0.0346. The Balaban J connectivity index is 4.41. The van der Waals surface area contributed by atoms with Crippen LogP contribution in [0.25, 0.3) is 0 Å². The lowest BCUT2D eigenvalue weighted by Gasteiger charge is -2.18. The van der Waals surface area contributed by atoms with E-state index >= 15 is 0 Å². The standard InChI is InChI=1S/C59H96O5/c1-4-7-10-13-16-19-22-24-26-28-30-31-33-35-38-40-43-46-49-52-58(60)63-56-57(64-59(61)53-50-47-44-41-37-21-18-15-12-9-6-3)55-62-54-51-48-45-42-39-36-34-32-29-27-25-23-20-17-14-11-8-5-2/h7-8,10-11,16-17,19-20,24-27,30-32,34-35,38,43,46,57H,4-6,9,12-15,18,21-23,28-29,33,36-37,39-42,44-45,47-56H2,1-3H3/b10-7-,11-8-,19-16-,20-17-,26-24-,27-25-,31-30-,34-32-,38-35-,46-43-. The lowest BCUT2D eigenvalue weighted by atomic mass is 10.1. The molecule has 0 aliphatic heterocycles. The van der Waals surface area contributed by atoms with E-state index in [4.69, 9.17) is 14.2 Å². The van der Waals surface area contributed by atoms with Gasteiger partial charge in [-0.05, 0) is 96.3 Å². The molecule has 0 aromatic heterocycles. The third kappa shape index (κ3) is 50.9. The fraction of sp³-hybridized carbons (Fsp3) is 0.627. The van der Waals surface area contributed by atoms with Crippen molar-refractivity contribution in [3.8, 4) is 0 Å². The van der Waals surface area contributed by atoms with Crippen molar-refractivity contribution in [2.45, 2.75) is 219 Å². The SMILES string of the molecule is CC/C=C\C/C=C\C/C=C\C/C=C\C/C=C\C/C=C\CCC(=O)OCC(COCCCCCCC/C=C\C/C=C\C/C=C\C/C=C\CC)OC(=O)CCCCCCCCCCCCC. The smallest absolute Gasteiger partial charge is 0.306 e. The second kappa shape index (κ2) is 53.6. The van der Waals surface area contributed by atoms with Crippen molar-refractivity contribution in [2.24, 2.45) is 0 Å². The Labute approximate surface area is 395 Å². The van der Waals surface area contributed by atoms with Crippen LogP contribution in [0.1, 0.15) is 213 Å². The van der Waals surface area contributed by atoms with Crippen molar-refractivity contribution in [2.75, 3.05) is 19.8 Å². The molecule has 0 aromatic rings. The number of allylic oxidation sites excluding steroid dienone is 20. The highest BCUT2D eigenvalue weighted by Crippen LogP contribution is 2.13. The van der Waals surface area contributed by atoms with Gasteiger partial charge in [-0.15, -0.1) is 0 Å². The maximum atomic E-state index is 12.8. The van der Waals surface area contributed by atoms with Crippen LogP contribution in [0.5, 0.6) is 0 Å². The number of esters is 2. The molecule has 0 amide bonds. The Morgan fingerprint density at radius 3 is 1.19 bits per heavy atom. The summed E-state index contributed by atoms with van der Waals surface area (Å²) < 4.78 is 17.3. The molecule has 5 nitrogen and oxygen atoms in total. The van der Waals surface area contributed by atoms with E-state index in [0.717, 1.165) is 103 Å². The van der Waals surface area contributed by atoms with Crippen molar-refractivity contribution in [3.05, 3.63) is 122 Å². The lowest BCUT2D eigenvalue weighted by molar-refractivity contribution is -0.162. The van der Waals surface area contributed by atoms with E-state index in [2.05, 4.69) is 136 Å². The van der Waals surface area contributed by atoms with Crippen molar-refractivity contribution < 1.29 is 23.8 Å². The van der Waals surface area contributed by atoms with Gasteiger partial charge >= 0.3 is 11.9 Å². The van der Waals surface area contributed by atoms with Gasteiger partial charge in [0.2, 0.25) is 0 Å². The van der Waals surface area contributed by atoms with Gasteiger partial charge in [-0.3, -0.25) is 9.59 Å². The van der Waals surface area contributed by atoms with Gasteiger partial charge in [0.25, 0.3) is 0 Å². The molecule has 1 unspecified atom stereocenters. The van der Waals surface area contributed by atoms with Gasteiger partial charge in [0.05, 0.1) is 6.61 Å². The van der Waals surface area contributed by atoms with E-state index in [1.54, 1.807) is 0 Å². The zero-order chi connectivity index (χ0) is 46.3. The molecule has 0 N–H and O–H groups in total. The summed E-state index contributed by atoms with van der Waals surface area (Å²) >= 11 is 0. The minimum atomic E-state index is -0.582. The summed E-state index contributed by atoms with van der Waals surface area (Å²) in [5.74, 6) is -0.511. The summed E-state index contributed by atoms with van der Waals surface area (Å²) in [6.45, 7) is 7.46. The van der Waals surface area contributed by atoms with Gasteiger partial charge < -0.3 is 14.2 Å². The molecule has 0 spiro atoms. The van der Waals surface area contributed by atoms with Gasteiger partial charge in [-0.2, -0.15) is 0 Å². The van der Waals surface area contributed by atoms with Crippen LogP contribution in [0.2, 0.25) is 0 Å². The van der Waals surface area contributed by atoms with Gasteiger partial charge in [-0.25, -0.2) is 0 Å².